The highest BCUT2D eigenvalue weighted by Gasteiger charge is 2.23. The smallest absolute Gasteiger partial charge is 0.302 e. The van der Waals surface area contributed by atoms with Gasteiger partial charge in [0.05, 0.1) is 33.0 Å². The number of hydrazone groups is 1. The molecule has 35 heavy (non-hydrogen) atoms. The number of ether oxygens (including phenoxy) is 2. The summed E-state index contributed by atoms with van der Waals surface area (Å²) in [4.78, 5) is 29.5. The van der Waals surface area contributed by atoms with E-state index in [1.807, 2.05) is 42.5 Å². The van der Waals surface area contributed by atoms with E-state index < -0.39 is 0 Å². The van der Waals surface area contributed by atoms with Crippen LogP contribution in [0.1, 0.15) is 11.1 Å². The second-order valence-corrected chi connectivity index (χ2v) is 9.48. The highest BCUT2D eigenvalue weighted by atomic mass is 32.2. The first-order chi connectivity index (χ1) is 16.9. The fourth-order valence-electron chi connectivity index (χ4n) is 4.01. The van der Waals surface area contributed by atoms with Crippen LogP contribution in [0.5, 0.6) is 11.5 Å². The van der Waals surface area contributed by atoms with Gasteiger partial charge in [0.15, 0.2) is 11.5 Å². The third-order valence-electron chi connectivity index (χ3n) is 6.01. The van der Waals surface area contributed by atoms with Crippen molar-refractivity contribution >= 4 is 34.3 Å². The lowest BCUT2D eigenvalue weighted by molar-refractivity contribution is -0.117. The fourth-order valence-corrected chi connectivity index (χ4v) is 4.75. The zero-order chi connectivity index (χ0) is 24.8. The van der Waals surface area contributed by atoms with Crippen molar-refractivity contribution in [1.82, 2.24) is 14.8 Å². The molecule has 2 heterocycles. The van der Waals surface area contributed by atoms with Gasteiger partial charge < -0.3 is 19.7 Å². The van der Waals surface area contributed by atoms with Crippen LogP contribution in [0.4, 0.5) is 10.5 Å². The van der Waals surface area contributed by atoms with Gasteiger partial charge >= 0.3 is 5.24 Å². The summed E-state index contributed by atoms with van der Waals surface area (Å²) < 4.78 is 10.7. The molecule has 0 spiro atoms. The molecular formula is C25H31N5O4S. The maximum Gasteiger partial charge on any atom is 0.302 e. The van der Waals surface area contributed by atoms with Crippen LogP contribution in [0.25, 0.3) is 0 Å². The van der Waals surface area contributed by atoms with E-state index in [0.717, 1.165) is 43.0 Å². The van der Waals surface area contributed by atoms with Crippen molar-refractivity contribution in [3.05, 3.63) is 53.6 Å². The SMILES string of the molecule is COc1ccc(C2=NN(Cc3cccc(NC(=O)CN4CCN(C)CC4)c3)C(=O)SC2)cc1OC. The third kappa shape index (κ3) is 6.53. The Hall–Kier alpha value is -3.08. The van der Waals surface area contributed by atoms with Crippen molar-refractivity contribution in [2.45, 2.75) is 6.54 Å². The largest absolute Gasteiger partial charge is 0.493 e. The van der Waals surface area contributed by atoms with Crippen LogP contribution in [0.3, 0.4) is 0 Å². The Labute approximate surface area is 210 Å². The molecule has 0 aromatic heterocycles. The number of piperazine rings is 1. The van der Waals surface area contributed by atoms with Crippen LogP contribution in [0, 0.1) is 0 Å². The molecule has 0 aliphatic carbocycles. The Balaban J connectivity index is 1.42. The normalized spacial score (nSPS) is 17.2. The summed E-state index contributed by atoms with van der Waals surface area (Å²) in [6, 6.07) is 13.1. The van der Waals surface area contributed by atoms with E-state index in [0.29, 0.717) is 36.0 Å². The molecule has 0 atom stereocenters. The average Bonchev–Trinajstić information content (AvgIpc) is 2.86. The third-order valence-corrected chi connectivity index (χ3v) is 6.88. The van der Waals surface area contributed by atoms with Gasteiger partial charge in [-0.05, 0) is 42.9 Å². The quantitative estimate of drug-likeness (QED) is 0.600. The summed E-state index contributed by atoms with van der Waals surface area (Å²) in [6.45, 7) is 4.40. The molecule has 2 aliphatic rings. The van der Waals surface area contributed by atoms with Crippen LogP contribution >= 0.6 is 11.8 Å². The molecule has 2 aliphatic heterocycles. The molecule has 0 saturated carbocycles. The lowest BCUT2D eigenvalue weighted by Gasteiger charge is -2.31. The molecule has 2 aromatic rings. The van der Waals surface area contributed by atoms with Crippen LogP contribution < -0.4 is 14.8 Å². The summed E-state index contributed by atoms with van der Waals surface area (Å²) in [7, 11) is 5.27. The molecule has 0 radical (unpaired) electrons. The Morgan fingerprint density at radius 2 is 1.83 bits per heavy atom. The Bertz CT molecular complexity index is 1100. The first kappa shape index (κ1) is 25.0. The number of anilines is 1. The van der Waals surface area contributed by atoms with Gasteiger partial charge in [-0.25, -0.2) is 5.01 Å². The molecular weight excluding hydrogens is 466 g/mol. The second-order valence-electron chi connectivity index (χ2n) is 8.56. The van der Waals surface area contributed by atoms with Gasteiger partial charge in [-0.2, -0.15) is 5.10 Å². The zero-order valence-electron chi connectivity index (χ0n) is 20.3. The zero-order valence-corrected chi connectivity index (χ0v) is 21.1. The fraction of sp³-hybridized carbons (Fsp3) is 0.400. The molecule has 1 N–H and O–H groups in total. The van der Waals surface area contributed by atoms with Crippen LogP contribution in [-0.4, -0.2) is 91.4 Å². The van der Waals surface area contributed by atoms with E-state index >= 15 is 0 Å². The molecule has 10 heteroatoms. The Kier molecular flexibility index (Phi) is 8.27. The van der Waals surface area contributed by atoms with Crippen molar-refractivity contribution in [2.75, 3.05) is 65.1 Å². The van der Waals surface area contributed by atoms with E-state index in [-0.39, 0.29) is 11.1 Å². The van der Waals surface area contributed by atoms with Crippen molar-refractivity contribution in [3.8, 4) is 11.5 Å². The van der Waals surface area contributed by atoms with Gasteiger partial charge in [0.2, 0.25) is 5.91 Å². The predicted octanol–water partition coefficient (Wildman–Crippen LogP) is 2.96. The highest BCUT2D eigenvalue weighted by Crippen LogP contribution is 2.30. The van der Waals surface area contributed by atoms with Crippen LogP contribution in [0.15, 0.2) is 47.6 Å². The maximum atomic E-state index is 12.6. The monoisotopic (exact) mass is 497 g/mol. The summed E-state index contributed by atoms with van der Waals surface area (Å²) in [5.74, 6) is 1.69. The van der Waals surface area contributed by atoms with E-state index in [1.54, 1.807) is 14.2 Å². The van der Waals surface area contributed by atoms with Crippen LogP contribution in [0.2, 0.25) is 0 Å². The van der Waals surface area contributed by atoms with Crippen molar-refractivity contribution < 1.29 is 19.1 Å². The number of rotatable bonds is 8. The van der Waals surface area contributed by atoms with Crippen molar-refractivity contribution in [2.24, 2.45) is 5.10 Å². The number of nitrogens with zero attached hydrogens (tertiary/aromatic N) is 4. The molecule has 1 saturated heterocycles. The van der Waals surface area contributed by atoms with Gasteiger partial charge in [-0.3, -0.25) is 14.5 Å². The molecule has 2 amide bonds. The number of methoxy groups -OCH3 is 2. The van der Waals surface area contributed by atoms with Crippen molar-refractivity contribution in [1.29, 1.82) is 0 Å². The summed E-state index contributed by atoms with van der Waals surface area (Å²) in [6.07, 6.45) is 0. The maximum absolute atomic E-state index is 12.6. The number of nitrogens with one attached hydrogen (secondary N) is 1. The first-order valence-electron chi connectivity index (χ1n) is 11.5. The lowest BCUT2D eigenvalue weighted by atomic mass is 10.1. The standard InChI is InChI=1S/C25H31N5O4S/c1-28-9-11-29(12-10-28)16-24(31)26-20-6-4-5-18(13-20)15-30-25(32)35-17-21(27-30)19-7-8-22(33-2)23(14-19)34-3/h4-8,13-14H,9-12,15-17H2,1-3H3,(H,26,31). The molecule has 0 bridgehead atoms. The summed E-state index contributed by atoms with van der Waals surface area (Å²) in [5, 5.41) is 8.95. The van der Waals surface area contributed by atoms with E-state index in [4.69, 9.17) is 9.47 Å². The number of amides is 2. The number of hydrogen-bond donors (Lipinski definition) is 1. The Morgan fingerprint density at radius 3 is 2.57 bits per heavy atom. The topological polar surface area (TPSA) is 86.7 Å². The minimum atomic E-state index is -0.112. The number of thioether (sulfide) groups is 1. The minimum absolute atomic E-state index is 0.0370. The molecule has 4 rings (SSSR count). The first-order valence-corrected chi connectivity index (χ1v) is 12.5. The van der Waals surface area contributed by atoms with E-state index in [2.05, 4.69) is 27.3 Å². The van der Waals surface area contributed by atoms with E-state index in [9.17, 15) is 9.59 Å². The molecule has 2 aromatic carbocycles. The molecule has 9 nitrogen and oxygen atoms in total. The summed E-state index contributed by atoms with van der Waals surface area (Å²) in [5.41, 5.74) is 3.25. The average molecular weight is 498 g/mol. The summed E-state index contributed by atoms with van der Waals surface area (Å²) >= 11 is 1.21. The molecule has 1 fully saturated rings. The number of hydrogen-bond acceptors (Lipinski definition) is 8. The molecule has 186 valence electrons. The second kappa shape index (κ2) is 11.6. The number of likely N-dealkylation sites (N-methyl/N-ethyl adjacent to an activating group) is 1. The van der Waals surface area contributed by atoms with Gasteiger partial charge in [0.1, 0.15) is 0 Å². The lowest BCUT2D eigenvalue weighted by Crippen LogP contribution is -2.47. The van der Waals surface area contributed by atoms with Crippen molar-refractivity contribution in [3.63, 3.8) is 0 Å². The van der Waals surface area contributed by atoms with Gasteiger partial charge in [0, 0.05) is 43.2 Å². The highest BCUT2D eigenvalue weighted by molar-refractivity contribution is 8.14. The van der Waals surface area contributed by atoms with Gasteiger partial charge in [-0.15, -0.1) is 0 Å². The van der Waals surface area contributed by atoms with Crippen LogP contribution in [-0.2, 0) is 11.3 Å². The number of carbonyl (C=O) groups excluding carboxylic acids is 2. The predicted molar refractivity (Wildman–Crippen MR) is 138 cm³/mol. The number of carbonyl (C=O) groups is 2. The number of benzene rings is 2. The Morgan fingerprint density at radius 1 is 1.06 bits per heavy atom. The minimum Gasteiger partial charge on any atom is -0.493 e. The van der Waals surface area contributed by atoms with E-state index in [1.165, 1.54) is 16.8 Å². The molecule has 0 unspecified atom stereocenters. The van der Waals surface area contributed by atoms with Gasteiger partial charge in [0.25, 0.3) is 0 Å². The van der Waals surface area contributed by atoms with Gasteiger partial charge in [-0.1, -0.05) is 23.9 Å².